The molecule has 0 heterocycles. The van der Waals surface area contributed by atoms with Crippen molar-refractivity contribution in [1.82, 2.24) is 4.72 Å². The number of ether oxygens (including phenoxy) is 1. The topological polar surface area (TPSA) is 72.5 Å². The lowest BCUT2D eigenvalue weighted by Crippen LogP contribution is -2.28. The Kier molecular flexibility index (Phi) is 8.96. The van der Waals surface area contributed by atoms with Crippen LogP contribution < -0.4 is 4.72 Å². The second kappa shape index (κ2) is 11.2. The summed E-state index contributed by atoms with van der Waals surface area (Å²) >= 11 is 5.84. The summed E-state index contributed by atoms with van der Waals surface area (Å²) < 4.78 is 32.5. The number of benzene rings is 2. The van der Waals surface area contributed by atoms with Gasteiger partial charge in [-0.05, 0) is 48.6 Å². The van der Waals surface area contributed by atoms with Gasteiger partial charge in [-0.15, -0.1) is 0 Å². The van der Waals surface area contributed by atoms with Gasteiger partial charge in [0.15, 0.2) is 0 Å². The molecular formula is C21H26ClNO4S. The van der Waals surface area contributed by atoms with Crippen molar-refractivity contribution in [2.75, 3.05) is 13.7 Å². The van der Waals surface area contributed by atoms with Crippen molar-refractivity contribution >= 4 is 27.6 Å². The first-order chi connectivity index (χ1) is 13.4. The fourth-order valence-corrected chi connectivity index (χ4v) is 4.17. The summed E-state index contributed by atoms with van der Waals surface area (Å²) in [4.78, 5) is 11.4. The van der Waals surface area contributed by atoms with Crippen LogP contribution in [0.3, 0.4) is 0 Å². The van der Waals surface area contributed by atoms with Crippen molar-refractivity contribution in [3.05, 3.63) is 65.2 Å². The standard InChI is InChI=1S/C21H26ClNO4S/c1-27-21(24)11-7-3-6-10-18(17-8-4-2-5-9-17)16-23-28(25,26)20-14-12-19(22)13-15-20/h2,4-5,8-9,12-15,18,23H,3,6-7,10-11,16H2,1H3. The van der Waals surface area contributed by atoms with Gasteiger partial charge in [0, 0.05) is 18.0 Å². The van der Waals surface area contributed by atoms with Crippen LogP contribution in [0.25, 0.3) is 0 Å². The fraction of sp³-hybridized carbons (Fsp3) is 0.381. The number of hydrogen-bond donors (Lipinski definition) is 1. The van der Waals surface area contributed by atoms with E-state index in [9.17, 15) is 13.2 Å². The monoisotopic (exact) mass is 423 g/mol. The number of esters is 1. The molecule has 0 bridgehead atoms. The summed E-state index contributed by atoms with van der Waals surface area (Å²) in [5.74, 6) is -0.142. The molecule has 2 aromatic carbocycles. The number of carbonyl (C=O) groups is 1. The van der Waals surface area contributed by atoms with Gasteiger partial charge in [0.1, 0.15) is 0 Å². The van der Waals surface area contributed by atoms with Crippen molar-refractivity contribution in [3.8, 4) is 0 Å². The van der Waals surface area contributed by atoms with Crippen LogP contribution in [0, 0.1) is 0 Å². The van der Waals surface area contributed by atoms with E-state index in [0.717, 1.165) is 31.2 Å². The van der Waals surface area contributed by atoms with E-state index in [1.165, 1.54) is 19.2 Å². The van der Waals surface area contributed by atoms with Gasteiger partial charge in [-0.3, -0.25) is 4.79 Å². The third-order valence-corrected chi connectivity index (χ3v) is 6.27. The largest absolute Gasteiger partial charge is 0.469 e. The highest BCUT2D eigenvalue weighted by atomic mass is 35.5. The summed E-state index contributed by atoms with van der Waals surface area (Å²) in [7, 11) is -2.21. The van der Waals surface area contributed by atoms with Crippen molar-refractivity contribution < 1.29 is 17.9 Å². The molecule has 2 rings (SSSR count). The summed E-state index contributed by atoms with van der Waals surface area (Å²) in [6, 6.07) is 16.0. The molecule has 2 aromatic rings. The van der Waals surface area contributed by atoms with E-state index in [0.29, 0.717) is 18.0 Å². The molecule has 28 heavy (non-hydrogen) atoms. The molecule has 0 spiro atoms. The van der Waals surface area contributed by atoms with Crippen LogP contribution in [-0.2, 0) is 19.6 Å². The zero-order valence-electron chi connectivity index (χ0n) is 15.9. The zero-order valence-corrected chi connectivity index (χ0v) is 17.5. The molecule has 1 atom stereocenters. The Morgan fingerprint density at radius 1 is 1.04 bits per heavy atom. The van der Waals surface area contributed by atoms with E-state index in [1.54, 1.807) is 12.1 Å². The normalized spacial score (nSPS) is 12.5. The van der Waals surface area contributed by atoms with Crippen LogP contribution in [0.15, 0.2) is 59.5 Å². The van der Waals surface area contributed by atoms with Crippen LogP contribution in [0.2, 0.25) is 5.02 Å². The zero-order chi connectivity index (χ0) is 20.4. The van der Waals surface area contributed by atoms with Gasteiger partial charge in [-0.1, -0.05) is 54.8 Å². The number of hydrogen-bond acceptors (Lipinski definition) is 4. The Morgan fingerprint density at radius 3 is 2.36 bits per heavy atom. The SMILES string of the molecule is COC(=O)CCCCCC(CNS(=O)(=O)c1ccc(Cl)cc1)c1ccccc1. The number of unbranched alkanes of at least 4 members (excludes halogenated alkanes) is 2. The lowest BCUT2D eigenvalue weighted by atomic mass is 9.93. The lowest BCUT2D eigenvalue weighted by Gasteiger charge is -2.18. The highest BCUT2D eigenvalue weighted by Gasteiger charge is 2.18. The molecule has 1 unspecified atom stereocenters. The molecule has 0 saturated heterocycles. The van der Waals surface area contributed by atoms with Crippen LogP contribution in [0.1, 0.15) is 43.6 Å². The van der Waals surface area contributed by atoms with Gasteiger partial charge in [-0.25, -0.2) is 13.1 Å². The number of rotatable bonds is 11. The van der Waals surface area contributed by atoms with E-state index in [4.69, 9.17) is 11.6 Å². The third kappa shape index (κ3) is 7.26. The minimum Gasteiger partial charge on any atom is -0.469 e. The van der Waals surface area contributed by atoms with E-state index < -0.39 is 10.0 Å². The molecule has 0 aliphatic carbocycles. The molecule has 0 aromatic heterocycles. The maximum atomic E-state index is 12.6. The average molecular weight is 424 g/mol. The Bertz CT molecular complexity index is 838. The molecule has 0 amide bonds. The molecule has 0 saturated carbocycles. The van der Waals surface area contributed by atoms with Gasteiger partial charge in [0.25, 0.3) is 0 Å². The maximum Gasteiger partial charge on any atom is 0.305 e. The average Bonchev–Trinajstić information content (AvgIpc) is 2.70. The highest BCUT2D eigenvalue weighted by Crippen LogP contribution is 2.23. The number of methoxy groups -OCH3 is 1. The Labute approximate surface area is 172 Å². The van der Waals surface area contributed by atoms with Gasteiger partial charge < -0.3 is 4.74 Å². The Balaban J connectivity index is 1.96. The third-order valence-electron chi connectivity index (χ3n) is 4.58. The van der Waals surface area contributed by atoms with E-state index in [2.05, 4.69) is 9.46 Å². The smallest absolute Gasteiger partial charge is 0.305 e. The lowest BCUT2D eigenvalue weighted by molar-refractivity contribution is -0.140. The number of carbonyl (C=O) groups excluding carboxylic acids is 1. The molecule has 1 N–H and O–H groups in total. The molecule has 0 fully saturated rings. The Morgan fingerprint density at radius 2 is 1.71 bits per heavy atom. The van der Waals surface area contributed by atoms with Crippen molar-refractivity contribution in [1.29, 1.82) is 0 Å². The Hall–Kier alpha value is -1.89. The first-order valence-corrected chi connectivity index (χ1v) is 11.2. The molecule has 5 nitrogen and oxygen atoms in total. The highest BCUT2D eigenvalue weighted by molar-refractivity contribution is 7.89. The molecule has 0 radical (unpaired) electrons. The molecule has 0 aliphatic rings. The second-order valence-corrected chi connectivity index (χ2v) is 8.79. The van der Waals surface area contributed by atoms with Crippen molar-refractivity contribution in [2.45, 2.75) is 42.9 Å². The summed E-state index contributed by atoms with van der Waals surface area (Å²) in [6.45, 7) is 0.311. The van der Waals surface area contributed by atoms with Gasteiger partial charge in [-0.2, -0.15) is 0 Å². The molecule has 7 heteroatoms. The maximum absolute atomic E-state index is 12.6. The fourth-order valence-electron chi connectivity index (χ4n) is 2.96. The predicted octanol–water partition coefficient (Wildman–Crippen LogP) is 4.53. The molecule has 0 aliphatic heterocycles. The van der Waals surface area contributed by atoms with E-state index in [-0.39, 0.29) is 16.8 Å². The van der Waals surface area contributed by atoms with E-state index >= 15 is 0 Å². The quantitative estimate of drug-likeness (QED) is 0.426. The molecule has 152 valence electrons. The van der Waals surface area contributed by atoms with Crippen LogP contribution in [0.5, 0.6) is 0 Å². The minimum atomic E-state index is -3.60. The van der Waals surface area contributed by atoms with Crippen molar-refractivity contribution in [3.63, 3.8) is 0 Å². The minimum absolute atomic E-state index is 0.0569. The summed E-state index contributed by atoms with van der Waals surface area (Å²) in [5.41, 5.74) is 1.09. The van der Waals surface area contributed by atoms with Crippen molar-refractivity contribution in [2.24, 2.45) is 0 Å². The first kappa shape index (κ1) is 22.4. The van der Waals surface area contributed by atoms with Crippen LogP contribution in [-0.4, -0.2) is 28.0 Å². The summed E-state index contributed by atoms with van der Waals surface area (Å²) in [5, 5.41) is 0.494. The van der Waals surface area contributed by atoms with Crippen LogP contribution in [0.4, 0.5) is 0 Å². The number of sulfonamides is 1. The van der Waals surface area contributed by atoms with Gasteiger partial charge in [0.2, 0.25) is 10.0 Å². The van der Waals surface area contributed by atoms with Gasteiger partial charge in [0.05, 0.1) is 12.0 Å². The number of nitrogens with one attached hydrogen (secondary N) is 1. The van der Waals surface area contributed by atoms with Crippen LogP contribution >= 0.6 is 11.6 Å². The second-order valence-electron chi connectivity index (χ2n) is 6.59. The molecular weight excluding hydrogens is 398 g/mol. The first-order valence-electron chi connectivity index (χ1n) is 9.29. The number of halogens is 1. The summed E-state index contributed by atoms with van der Waals surface area (Å²) in [6.07, 6.45) is 3.80. The van der Waals surface area contributed by atoms with Gasteiger partial charge >= 0.3 is 5.97 Å². The van der Waals surface area contributed by atoms with E-state index in [1.807, 2.05) is 30.3 Å². The predicted molar refractivity (Wildman–Crippen MR) is 111 cm³/mol.